The van der Waals surface area contributed by atoms with E-state index in [1.165, 1.54) is 18.2 Å². The highest BCUT2D eigenvalue weighted by Gasteiger charge is 2.13. The summed E-state index contributed by atoms with van der Waals surface area (Å²) in [6.45, 7) is 0. The van der Waals surface area contributed by atoms with E-state index >= 15 is 0 Å². The summed E-state index contributed by atoms with van der Waals surface area (Å²) in [6.07, 6.45) is 0. The molecule has 0 fully saturated rings. The largest absolute Gasteiger partial charge is 0.325 e. The highest BCUT2D eigenvalue weighted by molar-refractivity contribution is 9.10. The van der Waals surface area contributed by atoms with Gasteiger partial charge in [0.1, 0.15) is 0 Å². The van der Waals surface area contributed by atoms with Crippen molar-refractivity contribution in [1.29, 1.82) is 0 Å². The average molecular weight is 494 g/mol. The summed E-state index contributed by atoms with van der Waals surface area (Å²) in [4.78, 5) is 34.5. The number of nitrogens with one attached hydrogen (secondary N) is 2. The Balaban J connectivity index is 1.51. The topological polar surface area (TPSA) is 127 Å². The van der Waals surface area contributed by atoms with Crippen LogP contribution in [0.3, 0.4) is 0 Å². The van der Waals surface area contributed by atoms with Crippen LogP contribution in [-0.4, -0.2) is 32.7 Å². The minimum absolute atomic E-state index is 0.0397. The number of amides is 2. The van der Waals surface area contributed by atoms with Crippen LogP contribution in [0.1, 0.15) is 10.4 Å². The fourth-order valence-electron chi connectivity index (χ4n) is 2.11. The molecule has 0 aliphatic heterocycles. The zero-order valence-electron chi connectivity index (χ0n) is 14.5. The molecule has 1 heterocycles. The Bertz CT molecular complexity index is 1060. The van der Waals surface area contributed by atoms with Crippen molar-refractivity contribution in [3.8, 4) is 0 Å². The molecule has 0 spiro atoms. The van der Waals surface area contributed by atoms with Gasteiger partial charge in [0.15, 0.2) is 4.34 Å². The third-order valence-corrected chi connectivity index (χ3v) is 5.90. The summed E-state index contributed by atoms with van der Waals surface area (Å²) in [7, 11) is 0. The van der Waals surface area contributed by atoms with Gasteiger partial charge < -0.3 is 5.32 Å². The van der Waals surface area contributed by atoms with Gasteiger partial charge in [-0.25, -0.2) is 0 Å². The van der Waals surface area contributed by atoms with Gasteiger partial charge >= 0.3 is 0 Å². The third-order valence-electron chi connectivity index (χ3n) is 3.40. The number of aromatic nitrogens is 2. The molecule has 0 saturated heterocycles. The van der Waals surface area contributed by atoms with Crippen molar-refractivity contribution in [2.45, 2.75) is 4.34 Å². The summed E-state index contributed by atoms with van der Waals surface area (Å²) in [5.41, 5.74) is 0.712. The van der Waals surface area contributed by atoms with Gasteiger partial charge in [-0.15, -0.1) is 10.2 Å². The molecule has 2 N–H and O–H groups in total. The fraction of sp³-hybridized carbons (Fsp3) is 0.0588. The van der Waals surface area contributed by atoms with Crippen LogP contribution in [0.5, 0.6) is 0 Å². The van der Waals surface area contributed by atoms with Crippen LogP contribution >= 0.6 is 39.0 Å². The van der Waals surface area contributed by atoms with Crippen LogP contribution in [0, 0.1) is 10.1 Å². The van der Waals surface area contributed by atoms with Gasteiger partial charge in [-0.2, -0.15) is 0 Å². The Morgan fingerprint density at radius 3 is 2.62 bits per heavy atom. The molecular formula is C17H12BrN5O4S2. The van der Waals surface area contributed by atoms with E-state index in [-0.39, 0.29) is 23.3 Å². The molecule has 0 atom stereocenters. The van der Waals surface area contributed by atoms with Gasteiger partial charge in [0.2, 0.25) is 11.0 Å². The molecule has 0 saturated carbocycles. The van der Waals surface area contributed by atoms with Gasteiger partial charge in [0.25, 0.3) is 11.6 Å². The van der Waals surface area contributed by atoms with Crippen molar-refractivity contribution < 1.29 is 14.5 Å². The van der Waals surface area contributed by atoms with E-state index < -0.39 is 4.92 Å². The zero-order valence-corrected chi connectivity index (χ0v) is 17.7. The van der Waals surface area contributed by atoms with Crippen molar-refractivity contribution in [2.75, 3.05) is 16.4 Å². The summed E-state index contributed by atoms with van der Waals surface area (Å²) in [6, 6.07) is 12.6. The van der Waals surface area contributed by atoms with E-state index in [1.807, 2.05) is 0 Å². The number of hydrogen-bond acceptors (Lipinski definition) is 8. The molecule has 2 amide bonds. The van der Waals surface area contributed by atoms with Crippen LogP contribution < -0.4 is 10.6 Å². The van der Waals surface area contributed by atoms with Gasteiger partial charge in [-0.05, 0) is 30.3 Å². The van der Waals surface area contributed by atoms with Crippen LogP contribution in [0.15, 0.2) is 57.3 Å². The van der Waals surface area contributed by atoms with E-state index in [9.17, 15) is 19.7 Å². The quantitative estimate of drug-likeness (QED) is 0.218. The second kappa shape index (κ2) is 9.58. The molecule has 148 valence electrons. The molecule has 29 heavy (non-hydrogen) atoms. The summed E-state index contributed by atoms with van der Waals surface area (Å²) < 4.78 is 1.37. The van der Waals surface area contributed by atoms with Crippen LogP contribution in [-0.2, 0) is 4.79 Å². The molecule has 0 aliphatic carbocycles. The smallest absolute Gasteiger partial charge is 0.271 e. The first-order chi connectivity index (χ1) is 13.9. The maximum Gasteiger partial charge on any atom is 0.271 e. The average Bonchev–Trinajstić information content (AvgIpc) is 3.14. The molecule has 12 heteroatoms. The normalized spacial score (nSPS) is 10.4. The highest BCUT2D eigenvalue weighted by atomic mass is 79.9. The number of thioether (sulfide) groups is 1. The maximum atomic E-state index is 12.2. The molecule has 3 aromatic rings. The Kier molecular flexibility index (Phi) is 6.90. The SMILES string of the molecule is O=C(CSc1nnc(NC(=O)c2ccc(Br)cc2)s1)Nc1cccc([N+](=O)[O-])c1. The molecule has 1 aromatic heterocycles. The number of benzene rings is 2. The van der Waals surface area contributed by atoms with E-state index in [4.69, 9.17) is 0 Å². The van der Waals surface area contributed by atoms with Crippen molar-refractivity contribution in [3.05, 3.63) is 68.7 Å². The monoisotopic (exact) mass is 493 g/mol. The first-order valence-electron chi connectivity index (χ1n) is 7.98. The molecule has 2 aromatic carbocycles. The van der Waals surface area contributed by atoms with Crippen LogP contribution in [0.25, 0.3) is 0 Å². The predicted molar refractivity (Wildman–Crippen MR) is 114 cm³/mol. The van der Waals surface area contributed by atoms with E-state index in [0.29, 0.717) is 20.7 Å². The van der Waals surface area contributed by atoms with E-state index in [2.05, 4.69) is 36.8 Å². The first-order valence-corrected chi connectivity index (χ1v) is 10.6. The van der Waals surface area contributed by atoms with Crippen molar-refractivity contribution in [1.82, 2.24) is 10.2 Å². The Hall–Kier alpha value is -2.83. The lowest BCUT2D eigenvalue weighted by Crippen LogP contribution is -2.14. The number of halogens is 1. The first kappa shape index (κ1) is 20.9. The van der Waals surface area contributed by atoms with Crippen molar-refractivity contribution in [2.24, 2.45) is 0 Å². The van der Waals surface area contributed by atoms with Crippen LogP contribution in [0.2, 0.25) is 0 Å². The molecule has 9 nitrogen and oxygen atoms in total. The second-order valence-corrected chi connectivity index (χ2v) is 8.59. The standard InChI is InChI=1S/C17H12BrN5O4S2/c18-11-6-4-10(5-7-11)15(25)20-16-21-22-17(29-16)28-9-14(24)19-12-2-1-3-13(8-12)23(26)27/h1-8H,9H2,(H,19,24)(H,20,21,25). The lowest BCUT2D eigenvalue weighted by atomic mass is 10.2. The zero-order chi connectivity index (χ0) is 20.8. The van der Waals surface area contributed by atoms with Crippen LogP contribution in [0.4, 0.5) is 16.5 Å². The number of nitro groups is 1. The summed E-state index contributed by atoms with van der Waals surface area (Å²) >= 11 is 5.60. The third kappa shape index (κ3) is 6.07. The van der Waals surface area contributed by atoms with E-state index in [1.54, 1.807) is 30.3 Å². The Morgan fingerprint density at radius 1 is 1.14 bits per heavy atom. The number of non-ortho nitro benzene ring substituents is 1. The summed E-state index contributed by atoms with van der Waals surface area (Å²) in [5.74, 6) is -0.613. The molecule has 0 aliphatic rings. The van der Waals surface area contributed by atoms with Crippen molar-refractivity contribution in [3.63, 3.8) is 0 Å². The molecular weight excluding hydrogens is 482 g/mol. The lowest BCUT2D eigenvalue weighted by Gasteiger charge is -2.03. The minimum Gasteiger partial charge on any atom is -0.325 e. The lowest BCUT2D eigenvalue weighted by molar-refractivity contribution is -0.384. The van der Waals surface area contributed by atoms with Gasteiger partial charge in [-0.3, -0.25) is 25.0 Å². The number of nitro benzene ring substituents is 1. The fourth-order valence-corrected chi connectivity index (χ4v) is 3.92. The van der Waals surface area contributed by atoms with E-state index in [0.717, 1.165) is 27.6 Å². The second-order valence-electron chi connectivity index (χ2n) is 5.48. The Labute approximate surface area is 181 Å². The number of rotatable bonds is 7. The number of hydrogen-bond donors (Lipinski definition) is 2. The number of nitrogens with zero attached hydrogens (tertiary/aromatic N) is 3. The number of carbonyl (C=O) groups excluding carboxylic acids is 2. The molecule has 0 radical (unpaired) electrons. The Morgan fingerprint density at radius 2 is 1.90 bits per heavy atom. The van der Waals surface area contributed by atoms with Gasteiger partial charge in [0.05, 0.1) is 10.7 Å². The molecule has 0 bridgehead atoms. The highest BCUT2D eigenvalue weighted by Crippen LogP contribution is 2.26. The number of carbonyl (C=O) groups is 2. The van der Waals surface area contributed by atoms with Crippen molar-refractivity contribution >= 4 is 67.3 Å². The predicted octanol–water partition coefficient (Wildman–Crippen LogP) is 4.19. The minimum atomic E-state index is -0.532. The number of anilines is 2. The van der Waals surface area contributed by atoms with Gasteiger partial charge in [0, 0.05) is 27.9 Å². The summed E-state index contributed by atoms with van der Waals surface area (Å²) in [5, 5.41) is 24.2. The molecule has 0 unspecified atom stereocenters. The van der Waals surface area contributed by atoms with Gasteiger partial charge in [-0.1, -0.05) is 45.1 Å². The molecule has 3 rings (SSSR count). The maximum absolute atomic E-state index is 12.2.